The molecule has 6 nitrogen and oxygen atoms in total. The maximum absolute atomic E-state index is 13.7. The number of halogens is 1. The molecule has 2 aromatic rings. The Morgan fingerprint density at radius 3 is 2.19 bits per heavy atom. The van der Waals surface area contributed by atoms with Crippen molar-refractivity contribution in [2.24, 2.45) is 0 Å². The summed E-state index contributed by atoms with van der Waals surface area (Å²) in [4.78, 5) is 30.5. The van der Waals surface area contributed by atoms with E-state index in [1.807, 2.05) is 62.4 Å². The van der Waals surface area contributed by atoms with E-state index in [1.54, 1.807) is 11.8 Å². The number of likely N-dealkylation sites (N-methyl/N-ethyl adjacent to an activating group) is 1. The van der Waals surface area contributed by atoms with Gasteiger partial charge in [0.05, 0.1) is 24.7 Å². The molecule has 0 saturated heterocycles. The summed E-state index contributed by atoms with van der Waals surface area (Å²) in [6, 6.07) is 15.2. The van der Waals surface area contributed by atoms with Crippen molar-refractivity contribution in [2.75, 3.05) is 20.8 Å². The molecule has 188 valence electrons. The highest BCUT2D eigenvalue weighted by Gasteiger charge is 2.77. The molecule has 0 aromatic heterocycles. The van der Waals surface area contributed by atoms with Crippen molar-refractivity contribution in [3.63, 3.8) is 0 Å². The number of carbonyl (C=O) groups excluding carboxylic acids is 2. The molecule has 0 N–H and O–H groups in total. The number of methoxy groups -OCH3 is 2. The number of hydrogen-bond acceptors (Lipinski definition) is 7. The highest BCUT2D eigenvalue weighted by Crippen LogP contribution is 2.73. The van der Waals surface area contributed by atoms with Crippen LogP contribution >= 0.6 is 23.4 Å². The summed E-state index contributed by atoms with van der Waals surface area (Å²) in [5.41, 5.74) is 0.864. The van der Waals surface area contributed by atoms with Gasteiger partial charge in [0, 0.05) is 27.7 Å². The Morgan fingerprint density at radius 2 is 1.61 bits per heavy atom. The minimum absolute atomic E-state index is 0.144. The summed E-state index contributed by atoms with van der Waals surface area (Å²) >= 11 is 8.48. The van der Waals surface area contributed by atoms with Gasteiger partial charge < -0.3 is 19.1 Å². The van der Waals surface area contributed by atoms with Gasteiger partial charge >= 0.3 is 11.9 Å². The number of benzene rings is 2. The van der Waals surface area contributed by atoms with E-state index in [0.717, 1.165) is 21.7 Å². The van der Waals surface area contributed by atoms with Crippen LogP contribution in [0.3, 0.4) is 0 Å². The fourth-order valence-electron chi connectivity index (χ4n) is 6.08. The second kappa shape index (κ2) is 8.40. The number of fused-ring (bicyclic) bond motifs is 3. The van der Waals surface area contributed by atoms with Crippen molar-refractivity contribution in [2.45, 2.75) is 43.6 Å². The lowest BCUT2D eigenvalue weighted by molar-refractivity contribution is -0.177. The standard InChI is InChI=1S/C28H28ClNO5S/c1-7-30-16(2)17(3)36-26(4,20-14-10-11-15-21(20)29)28-19-13-9-8-12-18(19)27(35-28,25(32)34-6)22(23(28)30)24(31)33-5/h8-15H,7H2,1-6H3/t26?,27-,28+/m0/s1. The number of carbonyl (C=O) groups is 2. The topological polar surface area (TPSA) is 65.1 Å². The zero-order chi connectivity index (χ0) is 26.0. The van der Waals surface area contributed by atoms with Crippen LogP contribution in [-0.2, 0) is 39.7 Å². The third kappa shape index (κ3) is 2.79. The van der Waals surface area contributed by atoms with Gasteiger partial charge in [-0.2, -0.15) is 0 Å². The molecule has 1 unspecified atom stereocenters. The van der Waals surface area contributed by atoms with Gasteiger partial charge in [0.1, 0.15) is 5.57 Å². The molecule has 1 spiro atoms. The van der Waals surface area contributed by atoms with Crippen LogP contribution in [0.1, 0.15) is 44.4 Å². The molecule has 0 radical (unpaired) electrons. The van der Waals surface area contributed by atoms with Crippen molar-refractivity contribution >= 4 is 35.3 Å². The SMILES string of the molecule is CCN1C(C)=C(C)SC(C)(c2ccccc2Cl)[C@]23O[C@](C(=O)OC)(C(C(=O)OC)=C12)c1ccccc13. The van der Waals surface area contributed by atoms with E-state index in [1.165, 1.54) is 14.2 Å². The first-order chi connectivity index (χ1) is 17.2. The van der Waals surface area contributed by atoms with Crippen molar-refractivity contribution < 1.29 is 23.8 Å². The Bertz CT molecular complexity index is 1370. The van der Waals surface area contributed by atoms with Crippen molar-refractivity contribution in [1.29, 1.82) is 0 Å². The van der Waals surface area contributed by atoms with Crippen LogP contribution in [0.15, 0.2) is 70.4 Å². The number of hydrogen-bond donors (Lipinski definition) is 0. The van der Waals surface area contributed by atoms with E-state index in [-0.39, 0.29) is 5.57 Å². The zero-order valence-electron chi connectivity index (χ0n) is 21.1. The van der Waals surface area contributed by atoms with E-state index in [9.17, 15) is 9.59 Å². The first-order valence-corrected chi connectivity index (χ1v) is 13.0. The molecule has 2 bridgehead atoms. The normalized spacial score (nSPS) is 28.6. The summed E-state index contributed by atoms with van der Waals surface area (Å²) in [6.07, 6.45) is 0. The molecule has 0 amide bonds. The summed E-state index contributed by atoms with van der Waals surface area (Å²) < 4.78 is 16.8. The summed E-state index contributed by atoms with van der Waals surface area (Å²) in [5, 5.41) is 0.569. The molecular formula is C28H28ClNO5S. The van der Waals surface area contributed by atoms with E-state index in [2.05, 4.69) is 18.7 Å². The molecule has 8 heteroatoms. The van der Waals surface area contributed by atoms with E-state index < -0.39 is 27.9 Å². The second-order valence-corrected chi connectivity index (χ2v) is 11.3. The number of rotatable bonds is 4. The summed E-state index contributed by atoms with van der Waals surface area (Å²) in [6.45, 7) is 8.70. The molecule has 36 heavy (non-hydrogen) atoms. The van der Waals surface area contributed by atoms with Crippen molar-refractivity contribution in [3.05, 3.63) is 92.1 Å². The van der Waals surface area contributed by atoms with Gasteiger partial charge in [-0.25, -0.2) is 9.59 Å². The Hall–Kier alpha value is -2.74. The lowest BCUT2D eigenvalue weighted by Gasteiger charge is -2.46. The van der Waals surface area contributed by atoms with Crippen LogP contribution in [0.4, 0.5) is 0 Å². The first-order valence-electron chi connectivity index (χ1n) is 11.8. The van der Waals surface area contributed by atoms with Gasteiger partial charge in [-0.3, -0.25) is 0 Å². The quantitative estimate of drug-likeness (QED) is 0.481. The predicted octanol–water partition coefficient (Wildman–Crippen LogP) is 5.61. The molecule has 0 aliphatic carbocycles. The van der Waals surface area contributed by atoms with Crippen molar-refractivity contribution in [1.82, 2.24) is 4.90 Å². The number of thioether (sulfide) groups is 1. The van der Waals surface area contributed by atoms with Crippen LogP contribution in [0.5, 0.6) is 0 Å². The zero-order valence-corrected chi connectivity index (χ0v) is 22.7. The molecule has 3 atom stereocenters. The number of nitrogens with zero attached hydrogens (tertiary/aromatic N) is 1. The van der Waals surface area contributed by atoms with Crippen LogP contribution in [0.2, 0.25) is 5.02 Å². The molecule has 2 aromatic carbocycles. The molecule has 3 aliphatic heterocycles. The highest BCUT2D eigenvalue weighted by atomic mass is 35.5. The summed E-state index contributed by atoms with van der Waals surface area (Å²) in [7, 11) is 2.62. The Kier molecular flexibility index (Phi) is 5.82. The van der Waals surface area contributed by atoms with Crippen LogP contribution in [0.25, 0.3) is 0 Å². The monoisotopic (exact) mass is 525 g/mol. The van der Waals surface area contributed by atoms with E-state index >= 15 is 0 Å². The van der Waals surface area contributed by atoms with Gasteiger partial charge in [0.2, 0.25) is 5.60 Å². The number of allylic oxidation sites excluding steroid dienone is 2. The number of esters is 2. The minimum atomic E-state index is -1.78. The molecule has 0 fully saturated rings. The smallest absolute Gasteiger partial charge is 0.348 e. The maximum Gasteiger partial charge on any atom is 0.348 e. The first kappa shape index (κ1) is 24.9. The van der Waals surface area contributed by atoms with E-state index in [0.29, 0.717) is 22.8 Å². The molecule has 0 saturated carbocycles. The van der Waals surface area contributed by atoms with Gasteiger partial charge in [0.15, 0.2) is 5.60 Å². The summed E-state index contributed by atoms with van der Waals surface area (Å²) in [5.74, 6) is -1.31. The lowest BCUT2D eigenvalue weighted by atomic mass is 9.68. The number of ether oxygens (including phenoxy) is 3. The Labute approximate surface area is 220 Å². The fraction of sp³-hybridized carbons (Fsp3) is 0.357. The van der Waals surface area contributed by atoms with Crippen LogP contribution in [-0.4, -0.2) is 37.6 Å². The lowest BCUT2D eigenvalue weighted by Crippen LogP contribution is -2.48. The van der Waals surface area contributed by atoms with Crippen LogP contribution in [0, 0.1) is 0 Å². The van der Waals surface area contributed by atoms with Crippen molar-refractivity contribution in [3.8, 4) is 0 Å². The second-order valence-electron chi connectivity index (χ2n) is 9.22. The average Bonchev–Trinajstić information content (AvgIpc) is 3.36. The Balaban J connectivity index is 2.03. The minimum Gasteiger partial charge on any atom is -0.466 e. The van der Waals surface area contributed by atoms with Crippen LogP contribution < -0.4 is 0 Å². The van der Waals surface area contributed by atoms with Gasteiger partial charge in [-0.05, 0) is 44.9 Å². The van der Waals surface area contributed by atoms with E-state index in [4.69, 9.17) is 25.8 Å². The fourth-order valence-corrected chi connectivity index (χ4v) is 8.01. The molecule has 3 aliphatic rings. The maximum atomic E-state index is 13.7. The molecule has 3 heterocycles. The van der Waals surface area contributed by atoms with Gasteiger partial charge in [-0.1, -0.05) is 54.1 Å². The highest BCUT2D eigenvalue weighted by molar-refractivity contribution is 8.04. The molecular weight excluding hydrogens is 498 g/mol. The largest absolute Gasteiger partial charge is 0.466 e. The Morgan fingerprint density at radius 1 is 1.00 bits per heavy atom. The molecule has 5 rings (SSSR count). The third-order valence-electron chi connectivity index (χ3n) is 7.69. The third-order valence-corrected chi connectivity index (χ3v) is 9.54. The van der Waals surface area contributed by atoms with Gasteiger partial charge in [0.25, 0.3) is 0 Å². The predicted molar refractivity (Wildman–Crippen MR) is 139 cm³/mol. The average molecular weight is 526 g/mol. The van der Waals surface area contributed by atoms with Gasteiger partial charge in [-0.15, -0.1) is 11.8 Å².